The zero-order valence-electron chi connectivity index (χ0n) is 11.0. The van der Waals surface area contributed by atoms with E-state index in [2.05, 4.69) is 10.6 Å². The Labute approximate surface area is 120 Å². The van der Waals surface area contributed by atoms with Gasteiger partial charge in [-0.2, -0.15) is 5.26 Å². The van der Waals surface area contributed by atoms with Crippen LogP contribution in [0.4, 0.5) is 10.5 Å². The molecule has 1 rings (SSSR count). The van der Waals surface area contributed by atoms with Crippen molar-refractivity contribution in [3.05, 3.63) is 29.8 Å². The van der Waals surface area contributed by atoms with Gasteiger partial charge in [-0.1, -0.05) is 12.1 Å². The summed E-state index contributed by atoms with van der Waals surface area (Å²) in [6.45, 7) is 0. The predicted molar refractivity (Wildman–Crippen MR) is 73.2 cm³/mol. The third-order valence-corrected chi connectivity index (χ3v) is 2.58. The number of carbonyl (C=O) groups is 3. The second-order valence-electron chi connectivity index (χ2n) is 4.15. The number of nitrogens with zero attached hydrogens (tertiary/aromatic N) is 1. The third-order valence-electron chi connectivity index (χ3n) is 2.58. The lowest BCUT2D eigenvalue weighted by atomic mass is 10.1. The molecule has 0 aliphatic heterocycles. The second-order valence-corrected chi connectivity index (χ2v) is 4.15. The molecule has 110 valence electrons. The quantitative estimate of drug-likeness (QED) is 0.599. The number of carboxylic acids is 1. The molecule has 0 aromatic heterocycles. The van der Waals surface area contributed by atoms with E-state index in [1.807, 2.05) is 6.07 Å². The van der Waals surface area contributed by atoms with Crippen LogP contribution in [0.25, 0.3) is 0 Å². The van der Waals surface area contributed by atoms with E-state index in [9.17, 15) is 14.4 Å². The molecule has 0 aliphatic carbocycles. The van der Waals surface area contributed by atoms with Crippen LogP contribution in [0.3, 0.4) is 0 Å². The lowest BCUT2D eigenvalue weighted by molar-refractivity contribution is -0.139. The van der Waals surface area contributed by atoms with Gasteiger partial charge >= 0.3 is 12.0 Å². The highest BCUT2D eigenvalue weighted by atomic mass is 16.4. The summed E-state index contributed by atoms with van der Waals surface area (Å²) < 4.78 is 0. The molecule has 0 spiro atoms. The highest BCUT2D eigenvalue weighted by Gasteiger charge is 2.20. The molecular weight excluding hydrogens is 276 g/mol. The first-order valence-corrected chi connectivity index (χ1v) is 6.01. The van der Waals surface area contributed by atoms with Gasteiger partial charge in [0.1, 0.15) is 12.1 Å². The normalized spacial score (nSPS) is 11.0. The van der Waals surface area contributed by atoms with E-state index in [0.717, 1.165) is 0 Å². The van der Waals surface area contributed by atoms with Gasteiger partial charge in [0.05, 0.1) is 11.3 Å². The number of para-hydroxylation sites is 1. The zero-order chi connectivity index (χ0) is 15.8. The molecule has 8 heteroatoms. The van der Waals surface area contributed by atoms with Crippen molar-refractivity contribution in [2.24, 2.45) is 5.73 Å². The number of nitriles is 1. The SMILES string of the molecule is N#Cc1ccccc1NC(=O)NC(CCC(N)=O)C(=O)O. The molecule has 1 aromatic carbocycles. The van der Waals surface area contributed by atoms with E-state index in [1.165, 1.54) is 12.1 Å². The lowest BCUT2D eigenvalue weighted by Crippen LogP contribution is -2.43. The molecule has 1 aromatic rings. The topological polar surface area (TPSA) is 145 Å². The number of primary amides is 1. The summed E-state index contributed by atoms with van der Waals surface area (Å²) in [5.41, 5.74) is 5.44. The average Bonchev–Trinajstić information content (AvgIpc) is 2.43. The van der Waals surface area contributed by atoms with Crippen LogP contribution in [-0.2, 0) is 9.59 Å². The maximum atomic E-state index is 11.7. The average molecular weight is 290 g/mol. The van der Waals surface area contributed by atoms with Crippen molar-refractivity contribution in [3.63, 3.8) is 0 Å². The van der Waals surface area contributed by atoms with Gasteiger partial charge in [0.2, 0.25) is 5.91 Å². The van der Waals surface area contributed by atoms with Crippen LogP contribution < -0.4 is 16.4 Å². The Morgan fingerprint density at radius 1 is 1.33 bits per heavy atom. The fourth-order valence-electron chi connectivity index (χ4n) is 1.55. The molecule has 0 saturated carbocycles. The maximum absolute atomic E-state index is 11.7. The molecule has 0 fully saturated rings. The zero-order valence-corrected chi connectivity index (χ0v) is 11.0. The Morgan fingerprint density at radius 2 is 2.00 bits per heavy atom. The van der Waals surface area contributed by atoms with Crippen LogP contribution in [0.5, 0.6) is 0 Å². The summed E-state index contributed by atoms with van der Waals surface area (Å²) in [7, 11) is 0. The Balaban J connectivity index is 2.68. The van der Waals surface area contributed by atoms with E-state index in [0.29, 0.717) is 0 Å². The smallest absolute Gasteiger partial charge is 0.326 e. The summed E-state index contributed by atoms with van der Waals surface area (Å²) in [4.78, 5) is 33.4. The van der Waals surface area contributed by atoms with Gasteiger partial charge in [-0.15, -0.1) is 0 Å². The molecule has 0 radical (unpaired) electrons. The minimum Gasteiger partial charge on any atom is -0.480 e. The van der Waals surface area contributed by atoms with E-state index in [-0.39, 0.29) is 24.1 Å². The fourth-order valence-corrected chi connectivity index (χ4v) is 1.55. The number of rotatable bonds is 6. The van der Waals surface area contributed by atoms with Crippen molar-refractivity contribution in [1.82, 2.24) is 5.32 Å². The fraction of sp³-hybridized carbons (Fsp3) is 0.231. The van der Waals surface area contributed by atoms with Gasteiger partial charge in [0.15, 0.2) is 0 Å². The number of nitrogens with two attached hydrogens (primary N) is 1. The van der Waals surface area contributed by atoms with Crippen molar-refractivity contribution in [3.8, 4) is 6.07 Å². The molecule has 0 heterocycles. The molecule has 3 amide bonds. The molecule has 0 bridgehead atoms. The van der Waals surface area contributed by atoms with E-state index in [1.54, 1.807) is 12.1 Å². The number of carboxylic acid groups (broad SMARTS) is 1. The number of hydrogen-bond acceptors (Lipinski definition) is 4. The Kier molecular flexibility index (Phi) is 5.70. The van der Waals surface area contributed by atoms with Crippen molar-refractivity contribution in [2.45, 2.75) is 18.9 Å². The molecular formula is C13H14N4O4. The number of aliphatic carboxylic acids is 1. The molecule has 5 N–H and O–H groups in total. The van der Waals surface area contributed by atoms with Crippen molar-refractivity contribution >= 4 is 23.6 Å². The molecule has 21 heavy (non-hydrogen) atoms. The van der Waals surface area contributed by atoms with Crippen LogP contribution in [0, 0.1) is 11.3 Å². The number of benzene rings is 1. The number of nitrogens with one attached hydrogen (secondary N) is 2. The number of urea groups is 1. The standard InChI is InChI=1S/C13H14N4O4/c14-7-8-3-1-2-4-9(8)16-13(21)17-10(12(19)20)5-6-11(15)18/h1-4,10H,5-6H2,(H2,15,18)(H,19,20)(H2,16,17,21). The van der Waals surface area contributed by atoms with Gasteiger partial charge in [0, 0.05) is 6.42 Å². The van der Waals surface area contributed by atoms with Crippen molar-refractivity contribution < 1.29 is 19.5 Å². The van der Waals surface area contributed by atoms with Gasteiger partial charge in [-0.05, 0) is 18.6 Å². The largest absolute Gasteiger partial charge is 0.480 e. The number of amides is 3. The summed E-state index contributed by atoms with van der Waals surface area (Å²) >= 11 is 0. The third kappa shape index (κ3) is 5.20. The Hall–Kier alpha value is -3.08. The van der Waals surface area contributed by atoms with Crippen LogP contribution >= 0.6 is 0 Å². The first kappa shape index (κ1) is 16.0. The van der Waals surface area contributed by atoms with Crippen LogP contribution in [0.1, 0.15) is 18.4 Å². The number of carbonyl (C=O) groups excluding carboxylic acids is 2. The summed E-state index contributed by atoms with van der Waals surface area (Å²) in [5, 5.41) is 22.4. The summed E-state index contributed by atoms with van der Waals surface area (Å²) in [6.07, 6.45) is -0.274. The number of anilines is 1. The molecule has 8 nitrogen and oxygen atoms in total. The van der Waals surface area contributed by atoms with Gasteiger partial charge < -0.3 is 21.5 Å². The minimum absolute atomic E-state index is 0.113. The second kappa shape index (κ2) is 7.49. The Bertz CT molecular complexity index is 594. The summed E-state index contributed by atoms with van der Waals surface area (Å²) in [6, 6.07) is 6.15. The van der Waals surface area contributed by atoms with Gasteiger partial charge in [0.25, 0.3) is 0 Å². The monoisotopic (exact) mass is 290 g/mol. The molecule has 0 saturated heterocycles. The molecule has 1 atom stereocenters. The lowest BCUT2D eigenvalue weighted by Gasteiger charge is -2.14. The van der Waals surface area contributed by atoms with Crippen molar-refractivity contribution in [2.75, 3.05) is 5.32 Å². The van der Waals surface area contributed by atoms with E-state index >= 15 is 0 Å². The molecule has 1 unspecified atom stereocenters. The first-order valence-electron chi connectivity index (χ1n) is 6.01. The first-order chi connectivity index (χ1) is 9.93. The minimum atomic E-state index is -1.28. The number of hydrogen-bond donors (Lipinski definition) is 4. The van der Waals surface area contributed by atoms with Crippen LogP contribution in [0.15, 0.2) is 24.3 Å². The van der Waals surface area contributed by atoms with Crippen molar-refractivity contribution in [1.29, 1.82) is 5.26 Å². The van der Waals surface area contributed by atoms with Crippen LogP contribution in [-0.4, -0.2) is 29.1 Å². The van der Waals surface area contributed by atoms with E-state index in [4.69, 9.17) is 16.1 Å². The highest BCUT2D eigenvalue weighted by Crippen LogP contribution is 2.13. The van der Waals surface area contributed by atoms with E-state index < -0.39 is 23.9 Å². The highest BCUT2D eigenvalue weighted by molar-refractivity contribution is 5.93. The Morgan fingerprint density at radius 3 is 2.57 bits per heavy atom. The predicted octanol–water partition coefficient (Wildman–Crippen LogP) is 0.398. The summed E-state index contributed by atoms with van der Waals surface area (Å²) in [5.74, 6) is -1.93. The van der Waals surface area contributed by atoms with Gasteiger partial charge in [-0.25, -0.2) is 9.59 Å². The maximum Gasteiger partial charge on any atom is 0.326 e. The van der Waals surface area contributed by atoms with Gasteiger partial charge in [-0.3, -0.25) is 4.79 Å². The van der Waals surface area contributed by atoms with Crippen LogP contribution in [0.2, 0.25) is 0 Å². The molecule has 0 aliphatic rings.